The highest BCUT2D eigenvalue weighted by molar-refractivity contribution is 6.33. The van der Waals surface area contributed by atoms with E-state index in [0.717, 1.165) is 22.7 Å². The molecule has 4 rings (SSSR count). The average Bonchev–Trinajstić information content (AvgIpc) is 3.13. The number of methoxy groups -OCH3 is 1. The highest BCUT2D eigenvalue weighted by atomic mass is 35.5. The molecule has 0 saturated carbocycles. The van der Waals surface area contributed by atoms with Crippen LogP contribution in [0.5, 0.6) is 5.75 Å². The number of nitrogens with zero attached hydrogens (tertiary/aromatic N) is 2. The lowest BCUT2D eigenvalue weighted by Crippen LogP contribution is -2.19. The highest BCUT2D eigenvalue weighted by Gasteiger charge is 2.32. The fraction of sp³-hybridized carbons (Fsp3) is 0.136. The smallest absolute Gasteiger partial charge is 0.128 e. The molecule has 136 valence electrons. The molecule has 0 fully saturated rings. The van der Waals surface area contributed by atoms with Crippen molar-refractivity contribution in [2.24, 2.45) is 5.10 Å². The second kappa shape index (κ2) is 7.41. The average molecular weight is 381 g/mol. The quantitative estimate of drug-likeness (QED) is 0.567. The van der Waals surface area contributed by atoms with Gasteiger partial charge in [0.05, 0.1) is 29.6 Å². The van der Waals surface area contributed by atoms with E-state index in [1.54, 1.807) is 19.2 Å². The van der Waals surface area contributed by atoms with Crippen LogP contribution in [-0.4, -0.2) is 12.8 Å². The largest absolute Gasteiger partial charge is 0.497 e. The molecule has 0 N–H and O–H groups in total. The van der Waals surface area contributed by atoms with Crippen LogP contribution in [0.25, 0.3) is 0 Å². The summed E-state index contributed by atoms with van der Waals surface area (Å²) in [5.41, 5.74) is 3.22. The molecule has 0 amide bonds. The van der Waals surface area contributed by atoms with Crippen molar-refractivity contribution in [3.63, 3.8) is 0 Å². The minimum atomic E-state index is -0.261. The van der Waals surface area contributed by atoms with Crippen molar-refractivity contribution in [3.05, 3.63) is 94.8 Å². The van der Waals surface area contributed by atoms with E-state index < -0.39 is 0 Å². The predicted molar refractivity (Wildman–Crippen MR) is 107 cm³/mol. The second-order valence-electron chi connectivity index (χ2n) is 6.31. The SMILES string of the molecule is COc1ccc(C2=NN(c3ccccc3Cl)C(c3ccccc3F)C2)cc1. The molecule has 1 aliphatic rings. The summed E-state index contributed by atoms with van der Waals surface area (Å²) >= 11 is 6.41. The molecule has 1 unspecified atom stereocenters. The normalized spacial score (nSPS) is 16.3. The first-order chi connectivity index (χ1) is 13.2. The maximum Gasteiger partial charge on any atom is 0.128 e. The highest BCUT2D eigenvalue weighted by Crippen LogP contribution is 2.40. The summed E-state index contributed by atoms with van der Waals surface area (Å²) in [4.78, 5) is 0. The van der Waals surface area contributed by atoms with Gasteiger partial charge in [-0.2, -0.15) is 5.10 Å². The van der Waals surface area contributed by atoms with Crippen molar-refractivity contribution in [2.45, 2.75) is 12.5 Å². The standard InChI is InChI=1S/C22H18ClFN2O/c1-27-16-12-10-15(11-13-16)20-14-22(17-6-2-4-8-19(17)24)26(25-20)21-9-5-3-7-18(21)23/h2-13,22H,14H2,1H3. The van der Waals surface area contributed by atoms with Crippen LogP contribution in [-0.2, 0) is 0 Å². The van der Waals surface area contributed by atoms with Crippen molar-refractivity contribution in [2.75, 3.05) is 12.1 Å². The summed E-state index contributed by atoms with van der Waals surface area (Å²) in [6, 6.07) is 21.8. The molecule has 0 aromatic heterocycles. The van der Waals surface area contributed by atoms with Crippen molar-refractivity contribution in [3.8, 4) is 5.75 Å². The minimum absolute atomic E-state index is 0.245. The number of anilines is 1. The summed E-state index contributed by atoms with van der Waals surface area (Å²) in [6.07, 6.45) is 0.582. The molecule has 1 atom stereocenters. The molecule has 0 radical (unpaired) electrons. The predicted octanol–water partition coefficient (Wildman–Crippen LogP) is 5.84. The Morgan fingerprint density at radius 1 is 1.00 bits per heavy atom. The minimum Gasteiger partial charge on any atom is -0.497 e. The van der Waals surface area contributed by atoms with E-state index in [4.69, 9.17) is 21.4 Å². The second-order valence-corrected chi connectivity index (χ2v) is 6.72. The van der Waals surface area contributed by atoms with Gasteiger partial charge in [-0.1, -0.05) is 41.9 Å². The first-order valence-corrected chi connectivity index (χ1v) is 9.05. The molecule has 0 aliphatic carbocycles. The Kier molecular flexibility index (Phi) is 4.82. The van der Waals surface area contributed by atoms with Crippen LogP contribution in [0.3, 0.4) is 0 Å². The Balaban J connectivity index is 1.77. The van der Waals surface area contributed by atoms with Crippen molar-refractivity contribution in [1.29, 1.82) is 0 Å². The third-order valence-electron chi connectivity index (χ3n) is 4.70. The van der Waals surface area contributed by atoms with Crippen molar-refractivity contribution >= 4 is 23.0 Å². The molecular formula is C22H18ClFN2O. The van der Waals surface area contributed by atoms with Gasteiger partial charge in [-0.25, -0.2) is 4.39 Å². The Labute approximate surface area is 162 Å². The lowest BCUT2D eigenvalue weighted by molar-refractivity contribution is 0.415. The maximum atomic E-state index is 14.5. The monoisotopic (exact) mass is 380 g/mol. The number of hydrogen-bond acceptors (Lipinski definition) is 3. The van der Waals surface area contributed by atoms with E-state index in [1.165, 1.54) is 6.07 Å². The topological polar surface area (TPSA) is 24.8 Å². The first-order valence-electron chi connectivity index (χ1n) is 8.67. The summed E-state index contributed by atoms with van der Waals surface area (Å²) in [5, 5.41) is 7.20. The lowest BCUT2D eigenvalue weighted by atomic mass is 9.97. The molecule has 0 spiro atoms. The van der Waals surface area contributed by atoms with Crippen LogP contribution in [0.1, 0.15) is 23.6 Å². The number of hydrogen-bond donors (Lipinski definition) is 0. The molecule has 1 aliphatic heterocycles. The molecule has 0 bridgehead atoms. The molecule has 3 aromatic rings. The Hall–Kier alpha value is -2.85. The molecule has 3 aromatic carbocycles. The first kappa shape index (κ1) is 17.6. The Bertz CT molecular complexity index is 988. The van der Waals surface area contributed by atoms with Gasteiger partial charge in [-0.15, -0.1) is 0 Å². The Morgan fingerprint density at radius 3 is 2.41 bits per heavy atom. The van der Waals surface area contributed by atoms with Gasteiger partial charge in [-0.05, 0) is 48.0 Å². The maximum absolute atomic E-state index is 14.5. The Morgan fingerprint density at radius 2 is 1.70 bits per heavy atom. The van der Waals surface area contributed by atoms with Gasteiger partial charge in [0.15, 0.2) is 0 Å². The number of para-hydroxylation sites is 1. The van der Waals surface area contributed by atoms with E-state index in [2.05, 4.69) is 0 Å². The molecule has 1 heterocycles. The van der Waals surface area contributed by atoms with Crippen molar-refractivity contribution in [1.82, 2.24) is 0 Å². The van der Waals surface area contributed by atoms with E-state index in [0.29, 0.717) is 17.0 Å². The van der Waals surface area contributed by atoms with Gasteiger partial charge < -0.3 is 4.74 Å². The van der Waals surface area contributed by atoms with Crippen LogP contribution in [0.15, 0.2) is 77.9 Å². The molecule has 5 heteroatoms. The summed E-state index contributed by atoms with van der Waals surface area (Å²) in [7, 11) is 1.63. The van der Waals surface area contributed by atoms with E-state index in [9.17, 15) is 4.39 Å². The third-order valence-corrected chi connectivity index (χ3v) is 5.02. The molecule has 27 heavy (non-hydrogen) atoms. The van der Waals surface area contributed by atoms with Gasteiger partial charge in [0.1, 0.15) is 11.6 Å². The molecular weight excluding hydrogens is 363 g/mol. The van der Waals surface area contributed by atoms with Crippen LogP contribution < -0.4 is 9.75 Å². The summed E-state index contributed by atoms with van der Waals surface area (Å²) in [5.74, 6) is 0.539. The van der Waals surface area contributed by atoms with E-state index in [1.807, 2.05) is 59.6 Å². The number of halogens is 2. The fourth-order valence-corrected chi connectivity index (χ4v) is 3.54. The lowest BCUT2D eigenvalue weighted by Gasteiger charge is -2.25. The summed E-state index contributed by atoms with van der Waals surface area (Å²) in [6.45, 7) is 0. The van der Waals surface area contributed by atoms with E-state index in [-0.39, 0.29) is 11.9 Å². The van der Waals surface area contributed by atoms with Gasteiger partial charge >= 0.3 is 0 Å². The van der Waals surface area contributed by atoms with Gasteiger partial charge in [0.25, 0.3) is 0 Å². The van der Waals surface area contributed by atoms with Crippen molar-refractivity contribution < 1.29 is 9.13 Å². The van der Waals surface area contributed by atoms with Gasteiger partial charge in [-0.3, -0.25) is 5.01 Å². The number of hydrazone groups is 1. The van der Waals surface area contributed by atoms with Crippen LogP contribution >= 0.6 is 11.6 Å². The fourth-order valence-electron chi connectivity index (χ4n) is 3.32. The zero-order valence-corrected chi connectivity index (χ0v) is 15.5. The molecule has 3 nitrogen and oxygen atoms in total. The van der Waals surface area contributed by atoms with Crippen LogP contribution in [0.4, 0.5) is 10.1 Å². The van der Waals surface area contributed by atoms with Gasteiger partial charge in [0, 0.05) is 12.0 Å². The number of rotatable bonds is 4. The third kappa shape index (κ3) is 3.40. The van der Waals surface area contributed by atoms with E-state index >= 15 is 0 Å². The zero-order valence-electron chi connectivity index (χ0n) is 14.8. The van der Waals surface area contributed by atoms with Crippen LogP contribution in [0, 0.1) is 5.82 Å². The number of ether oxygens (including phenoxy) is 1. The molecule has 0 saturated heterocycles. The van der Waals surface area contributed by atoms with Gasteiger partial charge in [0.2, 0.25) is 0 Å². The van der Waals surface area contributed by atoms with Crippen LogP contribution in [0.2, 0.25) is 5.02 Å². The number of benzene rings is 3. The zero-order chi connectivity index (χ0) is 18.8. The summed E-state index contributed by atoms with van der Waals surface area (Å²) < 4.78 is 19.8.